The number of aromatic nitrogens is 1. The monoisotopic (exact) mass is 290 g/mol. The number of pyridine rings is 1. The van der Waals surface area contributed by atoms with Gasteiger partial charge in [-0.3, -0.25) is 15.6 Å². The van der Waals surface area contributed by atoms with Crippen LogP contribution in [0.3, 0.4) is 0 Å². The highest BCUT2D eigenvalue weighted by atomic mass is 35.5. The summed E-state index contributed by atoms with van der Waals surface area (Å²) in [6, 6.07) is 8.69. The van der Waals surface area contributed by atoms with Gasteiger partial charge in [-0.05, 0) is 36.8 Å². The third-order valence-electron chi connectivity index (χ3n) is 2.92. The number of hydrogen-bond acceptors (Lipinski definition) is 4. The highest BCUT2D eigenvalue weighted by Crippen LogP contribution is 2.19. The van der Waals surface area contributed by atoms with Crippen LogP contribution in [0.4, 0.5) is 5.69 Å². The third kappa shape index (κ3) is 3.26. The Morgan fingerprint density at radius 1 is 1.40 bits per heavy atom. The van der Waals surface area contributed by atoms with Crippen LogP contribution in [0.25, 0.3) is 0 Å². The van der Waals surface area contributed by atoms with Gasteiger partial charge in [-0.15, -0.1) is 0 Å². The zero-order chi connectivity index (χ0) is 14.5. The van der Waals surface area contributed by atoms with Crippen molar-refractivity contribution in [2.45, 2.75) is 13.5 Å². The van der Waals surface area contributed by atoms with Crippen molar-refractivity contribution in [3.8, 4) is 0 Å². The molecule has 2 rings (SSSR count). The number of nitrogens with two attached hydrogens (primary N) is 1. The third-order valence-corrected chi connectivity index (χ3v) is 3.15. The molecule has 1 aromatic carbocycles. The SMILES string of the molecule is Cc1cccnc1CNC(=O)c1cc(Cl)ccc1NN. The van der Waals surface area contributed by atoms with Gasteiger partial charge in [0.2, 0.25) is 0 Å². The number of nitrogens with zero attached hydrogens (tertiary/aromatic N) is 1. The van der Waals surface area contributed by atoms with Gasteiger partial charge in [-0.2, -0.15) is 0 Å². The molecule has 0 aliphatic heterocycles. The van der Waals surface area contributed by atoms with Gasteiger partial charge in [0, 0.05) is 11.2 Å². The van der Waals surface area contributed by atoms with Crippen molar-refractivity contribution in [2.75, 3.05) is 5.43 Å². The Balaban J connectivity index is 2.13. The second-order valence-corrected chi connectivity index (χ2v) is 4.72. The number of aryl methyl sites for hydroxylation is 1. The van der Waals surface area contributed by atoms with Gasteiger partial charge in [0.15, 0.2) is 0 Å². The molecule has 1 amide bonds. The van der Waals surface area contributed by atoms with Gasteiger partial charge in [0.05, 0.1) is 23.5 Å². The molecule has 104 valence electrons. The van der Waals surface area contributed by atoms with Crippen LogP contribution in [0, 0.1) is 6.92 Å². The molecule has 0 saturated carbocycles. The minimum atomic E-state index is -0.259. The van der Waals surface area contributed by atoms with E-state index in [0.717, 1.165) is 11.3 Å². The van der Waals surface area contributed by atoms with Gasteiger partial charge in [0.25, 0.3) is 5.91 Å². The van der Waals surface area contributed by atoms with Crippen molar-refractivity contribution in [3.63, 3.8) is 0 Å². The molecule has 0 atom stereocenters. The Kier molecular flexibility index (Phi) is 4.55. The molecular formula is C14H15ClN4O. The minimum absolute atomic E-state index is 0.259. The molecule has 0 spiro atoms. The first-order valence-electron chi connectivity index (χ1n) is 6.06. The molecule has 0 saturated heterocycles. The number of carbonyl (C=O) groups excluding carboxylic acids is 1. The first kappa shape index (κ1) is 14.3. The summed E-state index contributed by atoms with van der Waals surface area (Å²) in [5.41, 5.74) is 5.24. The maximum absolute atomic E-state index is 12.2. The minimum Gasteiger partial charge on any atom is -0.346 e. The number of hydrazine groups is 1. The average molecular weight is 291 g/mol. The molecule has 4 N–H and O–H groups in total. The molecular weight excluding hydrogens is 276 g/mol. The number of benzene rings is 1. The van der Waals surface area contributed by atoms with E-state index in [4.69, 9.17) is 17.4 Å². The Labute approximate surface area is 122 Å². The maximum atomic E-state index is 12.2. The van der Waals surface area contributed by atoms with Crippen molar-refractivity contribution in [2.24, 2.45) is 5.84 Å². The van der Waals surface area contributed by atoms with E-state index in [1.165, 1.54) is 0 Å². The van der Waals surface area contributed by atoms with Crippen LogP contribution in [0.5, 0.6) is 0 Å². The van der Waals surface area contributed by atoms with Crippen molar-refractivity contribution in [1.29, 1.82) is 0 Å². The van der Waals surface area contributed by atoms with Crippen LogP contribution >= 0.6 is 11.6 Å². The number of hydrogen-bond donors (Lipinski definition) is 3. The van der Waals surface area contributed by atoms with E-state index in [2.05, 4.69) is 15.7 Å². The summed E-state index contributed by atoms with van der Waals surface area (Å²) in [6.45, 7) is 2.29. The number of amides is 1. The van der Waals surface area contributed by atoms with Crippen LogP contribution < -0.4 is 16.6 Å². The Hall–Kier alpha value is -2.11. The lowest BCUT2D eigenvalue weighted by Crippen LogP contribution is -2.25. The lowest BCUT2D eigenvalue weighted by molar-refractivity contribution is 0.0951. The quantitative estimate of drug-likeness (QED) is 0.596. The maximum Gasteiger partial charge on any atom is 0.253 e. The number of rotatable bonds is 4. The summed E-state index contributed by atoms with van der Waals surface area (Å²) < 4.78 is 0. The molecule has 1 heterocycles. The number of nitrogen functional groups attached to an aromatic ring is 1. The number of anilines is 1. The van der Waals surface area contributed by atoms with E-state index in [9.17, 15) is 4.79 Å². The summed E-state index contributed by atoms with van der Waals surface area (Å²) in [6.07, 6.45) is 1.70. The molecule has 0 fully saturated rings. The normalized spacial score (nSPS) is 10.2. The molecule has 0 radical (unpaired) electrons. The standard InChI is InChI=1S/C14H15ClN4O/c1-9-3-2-6-17-13(9)8-18-14(20)11-7-10(15)4-5-12(11)19-16/h2-7,19H,8,16H2,1H3,(H,18,20). The van der Waals surface area contributed by atoms with Gasteiger partial charge in [0.1, 0.15) is 0 Å². The smallest absolute Gasteiger partial charge is 0.253 e. The highest BCUT2D eigenvalue weighted by Gasteiger charge is 2.12. The second kappa shape index (κ2) is 6.36. The van der Waals surface area contributed by atoms with E-state index in [0.29, 0.717) is 22.8 Å². The molecule has 20 heavy (non-hydrogen) atoms. The number of nitrogens with one attached hydrogen (secondary N) is 2. The van der Waals surface area contributed by atoms with E-state index in [1.807, 2.05) is 19.1 Å². The predicted octanol–water partition coefficient (Wildman–Crippen LogP) is 2.26. The Morgan fingerprint density at radius 3 is 2.90 bits per heavy atom. The second-order valence-electron chi connectivity index (χ2n) is 4.28. The van der Waals surface area contributed by atoms with E-state index >= 15 is 0 Å². The van der Waals surface area contributed by atoms with Crippen molar-refractivity contribution in [1.82, 2.24) is 10.3 Å². The van der Waals surface area contributed by atoms with Crippen LogP contribution in [0.2, 0.25) is 5.02 Å². The summed E-state index contributed by atoms with van der Waals surface area (Å²) in [5, 5.41) is 3.28. The zero-order valence-corrected chi connectivity index (χ0v) is 11.7. The molecule has 0 aliphatic rings. The molecule has 2 aromatic rings. The summed E-state index contributed by atoms with van der Waals surface area (Å²) in [4.78, 5) is 16.4. The van der Waals surface area contributed by atoms with Crippen LogP contribution in [-0.4, -0.2) is 10.9 Å². The fourth-order valence-corrected chi connectivity index (χ4v) is 1.96. The fraction of sp³-hybridized carbons (Fsp3) is 0.143. The molecule has 0 aliphatic carbocycles. The Bertz CT molecular complexity index is 630. The largest absolute Gasteiger partial charge is 0.346 e. The van der Waals surface area contributed by atoms with E-state index in [-0.39, 0.29) is 5.91 Å². The number of halogens is 1. The molecule has 0 unspecified atom stereocenters. The first-order valence-corrected chi connectivity index (χ1v) is 6.44. The molecule has 5 nitrogen and oxygen atoms in total. The molecule has 6 heteroatoms. The number of carbonyl (C=O) groups is 1. The van der Waals surface area contributed by atoms with Crippen molar-refractivity contribution >= 4 is 23.2 Å². The Morgan fingerprint density at radius 2 is 2.20 bits per heavy atom. The van der Waals surface area contributed by atoms with E-state index in [1.54, 1.807) is 24.4 Å². The van der Waals surface area contributed by atoms with Gasteiger partial charge in [-0.25, -0.2) is 0 Å². The fourth-order valence-electron chi connectivity index (χ4n) is 1.79. The van der Waals surface area contributed by atoms with Crippen LogP contribution in [-0.2, 0) is 6.54 Å². The first-order chi connectivity index (χ1) is 9.61. The molecule has 1 aromatic heterocycles. The van der Waals surface area contributed by atoms with Crippen molar-refractivity contribution < 1.29 is 4.79 Å². The lowest BCUT2D eigenvalue weighted by atomic mass is 10.1. The summed E-state index contributed by atoms with van der Waals surface area (Å²) in [7, 11) is 0. The van der Waals surface area contributed by atoms with Gasteiger partial charge in [-0.1, -0.05) is 17.7 Å². The van der Waals surface area contributed by atoms with Gasteiger partial charge >= 0.3 is 0 Å². The molecule has 0 bridgehead atoms. The highest BCUT2D eigenvalue weighted by molar-refractivity contribution is 6.31. The topological polar surface area (TPSA) is 80.0 Å². The lowest BCUT2D eigenvalue weighted by Gasteiger charge is -2.10. The van der Waals surface area contributed by atoms with E-state index < -0.39 is 0 Å². The summed E-state index contributed by atoms with van der Waals surface area (Å²) in [5.74, 6) is 5.13. The van der Waals surface area contributed by atoms with Crippen LogP contribution in [0.15, 0.2) is 36.5 Å². The van der Waals surface area contributed by atoms with Crippen molar-refractivity contribution in [3.05, 3.63) is 58.4 Å². The predicted molar refractivity (Wildman–Crippen MR) is 79.4 cm³/mol. The summed E-state index contributed by atoms with van der Waals surface area (Å²) >= 11 is 5.90. The van der Waals surface area contributed by atoms with Gasteiger partial charge < -0.3 is 10.7 Å². The zero-order valence-electron chi connectivity index (χ0n) is 11.0. The van der Waals surface area contributed by atoms with Crippen LogP contribution in [0.1, 0.15) is 21.6 Å². The average Bonchev–Trinajstić information content (AvgIpc) is 2.46.